The fourth-order valence-corrected chi connectivity index (χ4v) is 3.72. The van der Waals surface area contributed by atoms with Crippen LogP contribution in [0.1, 0.15) is 43.7 Å². The van der Waals surface area contributed by atoms with E-state index in [1.54, 1.807) is 0 Å². The minimum absolute atomic E-state index is 0.339. The molecule has 2 N–H and O–H groups in total. The molecule has 2 aromatic rings. The smallest absolute Gasteiger partial charge is 0.310 e. The van der Waals surface area contributed by atoms with Gasteiger partial charge in [0.25, 0.3) is 0 Å². The third-order valence-electron chi connectivity index (χ3n) is 5.35. The molecule has 1 saturated carbocycles. The van der Waals surface area contributed by atoms with Crippen LogP contribution in [0.5, 0.6) is 0 Å². The lowest BCUT2D eigenvalue weighted by Gasteiger charge is -2.14. The molecule has 0 bridgehead atoms. The first kappa shape index (κ1) is 17.5. The van der Waals surface area contributed by atoms with Crippen molar-refractivity contribution in [3.63, 3.8) is 0 Å². The van der Waals surface area contributed by atoms with Gasteiger partial charge in [-0.3, -0.25) is 4.79 Å². The summed E-state index contributed by atoms with van der Waals surface area (Å²) in [4.78, 5) is 11.8. The van der Waals surface area contributed by atoms with Gasteiger partial charge in [0.2, 0.25) is 0 Å². The first-order chi connectivity index (χ1) is 12.1. The quantitative estimate of drug-likeness (QED) is 0.667. The molecular weight excluding hydrogens is 310 g/mol. The Bertz CT molecular complexity index is 713. The Morgan fingerprint density at radius 2 is 1.92 bits per heavy atom. The second-order valence-corrected chi connectivity index (χ2v) is 7.22. The average molecular weight is 337 g/mol. The van der Waals surface area contributed by atoms with E-state index in [2.05, 4.69) is 30.4 Å². The van der Waals surface area contributed by atoms with Crippen LogP contribution in [0.15, 0.2) is 54.6 Å². The molecule has 0 aliphatic heterocycles. The number of carboxylic acid groups (broad SMARTS) is 1. The molecular formula is C22H27NO2. The minimum Gasteiger partial charge on any atom is -0.481 e. The molecule has 0 aromatic heterocycles. The summed E-state index contributed by atoms with van der Waals surface area (Å²) < 4.78 is 0. The Kier molecular flexibility index (Phi) is 5.42. The summed E-state index contributed by atoms with van der Waals surface area (Å²) in [5.74, 6) is -0.290. The van der Waals surface area contributed by atoms with Crippen molar-refractivity contribution in [3.05, 3.63) is 65.7 Å². The topological polar surface area (TPSA) is 49.3 Å². The van der Waals surface area contributed by atoms with Crippen LogP contribution in [0.25, 0.3) is 0 Å². The van der Waals surface area contributed by atoms with Crippen molar-refractivity contribution >= 4 is 11.7 Å². The van der Waals surface area contributed by atoms with Crippen LogP contribution < -0.4 is 5.32 Å². The Balaban J connectivity index is 1.64. The summed E-state index contributed by atoms with van der Waals surface area (Å²) in [5, 5.41) is 13.2. The zero-order valence-electron chi connectivity index (χ0n) is 14.9. The molecule has 132 valence electrons. The maximum atomic E-state index is 11.8. The second kappa shape index (κ2) is 7.73. The maximum Gasteiger partial charge on any atom is 0.310 e. The third-order valence-corrected chi connectivity index (χ3v) is 5.35. The zero-order chi connectivity index (χ0) is 17.7. The van der Waals surface area contributed by atoms with E-state index in [-0.39, 0.29) is 0 Å². The van der Waals surface area contributed by atoms with Gasteiger partial charge < -0.3 is 10.4 Å². The van der Waals surface area contributed by atoms with E-state index in [4.69, 9.17) is 0 Å². The van der Waals surface area contributed by atoms with Crippen molar-refractivity contribution in [2.75, 3.05) is 5.32 Å². The Hall–Kier alpha value is -2.29. The van der Waals surface area contributed by atoms with E-state index in [1.807, 2.05) is 36.4 Å². The molecule has 1 aliphatic carbocycles. The molecule has 0 radical (unpaired) electrons. The number of benzene rings is 2. The predicted molar refractivity (Wildman–Crippen MR) is 102 cm³/mol. The number of anilines is 1. The van der Waals surface area contributed by atoms with Gasteiger partial charge in [-0.2, -0.15) is 0 Å². The van der Waals surface area contributed by atoms with E-state index >= 15 is 0 Å². The molecule has 0 spiro atoms. The number of carbonyl (C=O) groups is 1. The van der Waals surface area contributed by atoms with E-state index in [0.29, 0.717) is 12.3 Å². The van der Waals surface area contributed by atoms with Gasteiger partial charge in [-0.1, -0.05) is 62.2 Å². The molecule has 25 heavy (non-hydrogen) atoms. The maximum absolute atomic E-state index is 11.8. The Labute approximate surface area is 150 Å². The summed E-state index contributed by atoms with van der Waals surface area (Å²) in [5.41, 5.74) is 2.86. The Morgan fingerprint density at radius 1 is 1.16 bits per heavy atom. The van der Waals surface area contributed by atoms with Gasteiger partial charge >= 0.3 is 5.97 Å². The van der Waals surface area contributed by atoms with Crippen molar-refractivity contribution in [3.8, 4) is 0 Å². The summed E-state index contributed by atoms with van der Waals surface area (Å²) in [6.07, 6.45) is 4.75. The monoisotopic (exact) mass is 337 g/mol. The van der Waals surface area contributed by atoms with Gasteiger partial charge in [0.1, 0.15) is 0 Å². The molecule has 3 rings (SSSR count). The van der Waals surface area contributed by atoms with Gasteiger partial charge in [0, 0.05) is 12.2 Å². The fourth-order valence-electron chi connectivity index (χ4n) is 3.72. The molecule has 3 nitrogen and oxygen atoms in total. The van der Waals surface area contributed by atoms with Crippen molar-refractivity contribution in [1.82, 2.24) is 0 Å². The van der Waals surface area contributed by atoms with Crippen molar-refractivity contribution in [2.24, 2.45) is 11.3 Å². The number of nitrogens with one attached hydrogen (secondary N) is 1. The lowest BCUT2D eigenvalue weighted by Crippen LogP contribution is -2.20. The highest BCUT2D eigenvalue weighted by Crippen LogP contribution is 2.57. The zero-order valence-corrected chi connectivity index (χ0v) is 14.9. The Morgan fingerprint density at radius 3 is 2.64 bits per heavy atom. The first-order valence-corrected chi connectivity index (χ1v) is 9.24. The van der Waals surface area contributed by atoms with Crippen LogP contribution in [0.3, 0.4) is 0 Å². The number of aliphatic carboxylic acids is 1. The summed E-state index contributed by atoms with van der Waals surface area (Å²) in [6.45, 7) is 2.93. The van der Waals surface area contributed by atoms with Crippen LogP contribution in [0, 0.1) is 11.3 Å². The van der Waals surface area contributed by atoms with Crippen LogP contribution in [0.4, 0.5) is 5.69 Å². The lowest BCUT2D eigenvalue weighted by atomic mass is 9.92. The van der Waals surface area contributed by atoms with Crippen LogP contribution in [0.2, 0.25) is 0 Å². The van der Waals surface area contributed by atoms with Crippen molar-refractivity contribution < 1.29 is 9.90 Å². The number of rotatable bonds is 9. The lowest BCUT2D eigenvalue weighted by molar-refractivity contribution is -0.144. The summed E-state index contributed by atoms with van der Waals surface area (Å²) >= 11 is 0. The molecule has 1 aliphatic rings. The third kappa shape index (κ3) is 4.22. The number of hydrogen-bond acceptors (Lipinski definition) is 2. The normalized spacial score (nSPS) is 21.7. The summed E-state index contributed by atoms with van der Waals surface area (Å²) in [7, 11) is 0. The van der Waals surface area contributed by atoms with Crippen LogP contribution >= 0.6 is 0 Å². The highest BCUT2D eigenvalue weighted by Gasteiger charge is 2.59. The first-order valence-electron chi connectivity index (χ1n) is 9.24. The molecule has 0 heterocycles. The molecule has 0 saturated heterocycles. The molecule has 2 unspecified atom stereocenters. The van der Waals surface area contributed by atoms with E-state index in [9.17, 15) is 9.90 Å². The fraction of sp³-hybridized carbons (Fsp3) is 0.409. The molecule has 1 fully saturated rings. The van der Waals surface area contributed by atoms with Crippen molar-refractivity contribution in [1.29, 1.82) is 0 Å². The molecule has 3 heteroatoms. The highest BCUT2D eigenvalue weighted by atomic mass is 16.4. The average Bonchev–Trinajstić information content (AvgIpc) is 3.33. The van der Waals surface area contributed by atoms with Gasteiger partial charge in [-0.25, -0.2) is 0 Å². The molecule has 0 amide bonds. The van der Waals surface area contributed by atoms with Crippen LogP contribution in [-0.2, 0) is 17.8 Å². The molecule has 2 aromatic carbocycles. The number of hydrogen-bond donors (Lipinski definition) is 2. The van der Waals surface area contributed by atoms with Gasteiger partial charge in [0.15, 0.2) is 0 Å². The van der Waals surface area contributed by atoms with E-state index in [1.165, 1.54) is 5.56 Å². The number of carboxylic acids is 1. The largest absolute Gasteiger partial charge is 0.481 e. The van der Waals surface area contributed by atoms with Crippen LogP contribution in [-0.4, -0.2) is 11.1 Å². The van der Waals surface area contributed by atoms with Gasteiger partial charge in [0.05, 0.1) is 5.41 Å². The SMILES string of the molecule is CCCCC1CC1(Cc1cccc(NCc2ccccc2)c1)C(=O)O. The van der Waals surface area contributed by atoms with E-state index in [0.717, 1.165) is 43.5 Å². The minimum atomic E-state index is -0.628. The number of unbranched alkanes of at least 4 members (excludes halogenated alkanes) is 1. The van der Waals surface area contributed by atoms with Crippen molar-refractivity contribution in [2.45, 2.75) is 45.6 Å². The standard InChI is InChI=1S/C22H27NO2/c1-2-3-11-19-15-22(19,21(24)25)14-18-10-7-12-20(13-18)23-16-17-8-5-4-6-9-17/h4-10,12-13,19,23H,2-3,11,14-16H2,1H3,(H,24,25). The highest BCUT2D eigenvalue weighted by molar-refractivity contribution is 5.79. The van der Waals surface area contributed by atoms with E-state index < -0.39 is 11.4 Å². The van der Waals surface area contributed by atoms with Gasteiger partial charge in [-0.05, 0) is 48.4 Å². The van der Waals surface area contributed by atoms with Gasteiger partial charge in [-0.15, -0.1) is 0 Å². The predicted octanol–water partition coefficient (Wildman–Crippen LogP) is 5.12. The summed E-state index contributed by atoms with van der Waals surface area (Å²) in [6, 6.07) is 18.5. The molecule has 2 atom stereocenters. The second-order valence-electron chi connectivity index (χ2n) is 7.22.